The molecule has 4 rings (SSSR count). The molecule has 0 aliphatic rings. The van der Waals surface area contributed by atoms with E-state index in [-0.39, 0.29) is 16.4 Å². The predicted molar refractivity (Wildman–Crippen MR) is 142 cm³/mol. The Balaban J connectivity index is 0.000000230. The summed E-state index contributed by atoms with van der Waals surface area (Å²) in [5, 5.41) is 9.10. The van der Waals surface area contributed by atoms with E-state index >= 15 is 0 Å². The Labute approximate surface area is 213 Å². The number of fused-ring (bicyclic) bond motifs is 2. The van der Waals surface area contributed by atoms with Gasteiger partial charge in [-0.25, -0.2) is 9.97 Å². The number of thiazole rings is 2. The molecule has 2 aromatic heterocycles. The van der Waals surface area contributed by atoms with E-state index in [2.05, 4.69) is 89.1 Å². The number of ether oxygens (including phenoxy) is 1. The summed E-state index contributed by atoms with van der Waals surface area (Å²) in [5.74, 6) is 1.16. The van der Waals surface area contributed by atoms with Crippen molar-refractivity contribution in [1.82, 2.24) is 9.97 Å². The quantitative estimate of drug-likeness (QED) is 0.199. The molecular weight excluding hydrogens is 727 g/mol. The average Bonchev–Trinajstić information content (AvgIpc) is 3.14. The summed E-state index contributed by atoms with van der Waals surface area (Å²) in [6.07, 6.45) is 0. The lowest BCUT2D eigenvalue weighted by Crippen LogP contribution is -1.80. The van der Waals surface area contributed by atoms with Gasteiger partial charge >= 0.3 is 3.18 Å². The van der Waals surface area contributed by atoms with Gasteiger partial charge in [-0.3, -0.25) is 0 Å². The minimum absolute atomic E-state index is 0. The maximum atomic E-state index is 9.10. The Morgan fingerprint density at radius 3 is 1.86 bits per heavy atom. The van der Waals surface area contributed by atoms with Crippen LogP contribution < -0.4 is 4.74 Å². The summed E-state index contributed by atoms with van der Waals surface area (Å²) in [5.41, 5.74) is 1.92. The normalized spacial score (nSPS) is 9.64. The highest BCUT2D eigenvalue weighted by Crippen LogP contribution is 2.29. The van der Waals surface area contributed by atoms with E-state index < -0.39 is 0 Å². The molecule has 0 bridgehead atoms. The number of hydrogen-bond acceptors (Lipinski definition) is 6. The van der Waals surface area contributed by atoms with Crippen LogP contribution in [-0.4, -0.2) is 25.4 Å². The Kier molecular flexibility index (Phi) is 12.1. The van der Waals surface area contributed by atoms with Crippen LogP contribution in [0.15, 0.2) is 44.2 Å². The van der Waals surface area contributed by atoms with Gasteiger partial charge in [0.25, 0.3) is 0 Å². The molecule has 28 heavy (non-hydrogen) atoms. The summed E-state index contributed by atoms with van der Waals surface area (Å²) in [6, 6.07) is 11.0. The van der Waals surface area contributed by atoms with Crippen LogP contribution in [-0.2, 0) is 0 Å². The number of hydrogen-bond donors (Lipinski definition) is 1. The van der Waals surface area contributed by atoms with E-state index in [0.29, 0.717) is 0 Å². The second-order valence-corrected chi connectivity index (χ2v) is 15.7. The summed E-state index contributed by atoms with van der Waals surface area (Å²) in [4.78, 5) is 8.45. The molecule has 0 fully saturated rings. The third-order valence-electron chi connectivity index (χ3n) is 2.92. The second kappa shape index (κ2) is 12.9. The van der Waals surface area contributed by atoms with Crippen LogP contribution >= 0.6 is 102 Å². The molecule has 12 heteroatoms. The highest BCUT2D eigenvalue weighted by atomic mass is 79.9. The number of phenols is 1. The van der Waals surface area contributed by atoms with E-state index in [9.17, 15) is 0 Å². The second-order valence-electron chi connectivity index (χ2n) is 4.67. The van der Waals surface area contributed by atoms with Gasteiger partial charge in [0.2, 0.25) is 0 Å². The molecule has 2 heterocycles. The Bertz CT molecular complexity index is 1030. The van der Waals surface area contributed by atoms with Gasteiger partial charge in [0.1, 0.15) is 11.5 Å². The van der Waals surface area contributed by atoms with Crippen molar-refractivity contribution in [1.29, 1.82) is 0 Å². The highest BCUT2D eigenvalue weighted by Gasteiger charge is 2.02. The van der Waals surface area contributed by atoms with Crippen molar-refractivity contribution in [3.05, 3.63) is 44.2 Å². The van der Waals surface area contributed by atoms with Crippen LogP contribution in [0.2, 0.25) is 0 Å². The van der Waals surface area contributed by atoms with Gasteiger partial charge in [-0.2, -0.15) is 0 Å². The first kappa shape index (κ1) is 26.3. The topological polar surface area (TPSA) is 55.2 Å². The zero-order valence-electron chi connectivity index (χ0n) is 13.5. The lowest BCUT2D eigenvalue weighted by atomic mass is 10.3. The number of aromatic nitrogens is 2. The van der Waals surface area contributed by atoms with Gasteiger partial charge in [0, 0.05) is 0 Å². The standard InChI is InChI=1S/C8H6BrNOS.C7H4BrNOS.CH4.BBr3/c1-11-5-2-3-6-7(4-5)12-8(9)10-6;8-7-9-5-2-1-4(10)3-6(5)11-7;;2-1(3)4/h2-4H,1H3;1-3,10H;1H4;. The highest BCUT2D eigenvalue weighted by molar-refractivity contribution is 9.69. The monoisotopic (exact) mass is 736 g/mol. The summed E-state index contributed by atoms with van der Waals surface area (Å²) < 4.78 is 9.26. The molecule has 2 aromatic carbocycles. The first-order valence-corrected chi connectivity index (χ1v) is 13.0. The van der Waals surface area contributed by atoms with Crippen molar-refractivity contribution in [2.24, 2.45) is 0 Å². The molecule has 1 N–H and O–H groups in total. The lowest BCUT2D eigenvalue weighted by Gasteiger charge is -1.96. The minimum atomic E-state index is 0. The first-order chi connectivity index (χ1) is 12.8. The molecule has 0 amide bonds. The number of rotatable bonds is 1. The van der Waals surface area contributed by atoms with Crippen molar-refractivity contribution in [3.8, 4) is 11.5 Å². The van der Waals surface area contributed by atoms with Crippen LogP contribution in [0.5, 0.6) is 11.5 Å². The fourth-order valence-electron chi connectivity index (χ4n) is 1.89. The molecule has 0 saturated heterocycles. The van der Waals surface area contributed by atoms with Crippen molar-refractivity contribution < 1.29 is 9.84 Å². The van der Waals surface area contributed by atoms with Crippen LogP contribution in [0.4, 0.5) is 0 Å². The van der Waals surface area contributed by atoms with E-state index in [4.69, 9.17) is 9.84 Å². The lowest BCUT2D eigenvalue weighted by molar-refractivity contribution is 0.415. The maximum Gasteiger partial charge on any atom is 0.369 e. The fourth-order valence-corrected chi connectivity index (χ4v) is 4.76. The van der Waals surface area contributed by atoms with E-state index in [1.165, 1.54) is 11.3 Å². The molecule has 0 unspecified atom stereocenters. The number of aromatic hydroxyl groups is 1. The van der Waals surface area contributed by atoms with E-state index in [1.54, 1.807) is 36.6 Å². The molecule has 0 atom stereocenters. The van der Waals surface area contributed by atoms with Gasteiger partial charge in [0.05, 0.1) is 27.5 Å². The molecule has 4 aromatic rings. The van der Waals surface area contributed by atoms with Crippen molar-refractivity contribution in [2.75, 3.05) is 7.11 Å². The molecular formula is C16H14BBr5N2O2S2. The summed E-state index contributed by atoms with van der Waals surface area (Å²) >= 11 is 19.0. The maximum absolute atomic E-state index is 9.10. The zero-order chi connectivity index (χ0) is 20.0. The number of nitrogens with zero attached hydrogens (tertiary/aromatic N) is 2. The molecule has 0 aliphatic carbocycles. The summed E-state index contributed by atoms with van der Waals surface area (Å²) in [7, 11) is 1.66. The van der Waals surface area contributed by atoms with Crippen molar-refractivity contribution >= 4 is 125 Å². The Hall–Kier alpha value is 0.285. The van der Waals surface area contributed by atoms with Crippen LogP contribution in [0.3, 0.4) is 0 Å². The number of halogens is 5. The van der Waals surface area contributed by atoms with E-state index in [1.807, 2.05) is 18.2 Å². The summed E-state index contributed by atoms with van der Waals surface area (Å²) in [6.45, 7) is 0. The van der Waals surface area contributed by atoms with Gasteiger partial charge in [-0.1, -0.05) is 7.43 Å². The number of phenolic OH excluding ortho intramolecular Hbond substituents is 1. The predicted octanol–water partition coefficient (Wildman–Crippen LogP) is 8.62. The van der Waals surface area contributed by atoms with Crippen molar-refractivity contribution in [2.45, 2.75) is 7.43 Å². The Morgan fingerprint density at radius 2 is 1.36 bits per heavy atom. The first-order valence-electron chi connectivity index (χ1n) is 7.06. The zero-order valence-corrected chi connectivity index (χ0v) is 23.1. The third-order valence-corrected chi connectivity index (χ3v) is 5.85. The largest absolute Gasteiger partial charge is 0.508 e. The van der Waals surface area contributed by atoms with Gasteiger partial charge in [0.15, 0.2) is 7.83 Å². The molecule has 0 radical (unpaired) electrons. The fraction of sp³-hybridized carbons (Fsp3) is 0.125. The van der Waals surface area contributed by atoms with E-state index in [0.717, 1.165) is 34.0 Å². The molecule has 0 spiro atoms. The van der Waals surface area contributed by atoms with Crippen LogP contribution in [0, 0.1) is 0 Å². The van der Waals surface area contributed by atoms with Gasteiger partial charge in [-0.15, -0.1) is 69.9 Å². The molecule has 0 aliphatic heterocycles. The smallest absolute Gasteiger partial charge is 0.369 e. The molecule has 150 valence electrons. The molecule has 4 nitrogen and oxygen atoms in total. The minimum Gasteiger partial charge on any atom is -0.508 e. The Morgan fingerprint density at radius 1 is 0.893 bits per heavy atom. The number of benzene rings is 2. The van der Waals surface area contributed by atoms with Crippen molar-refractivity contribution in [3.63, 3.8) is 0 Å². The number of methoxy groups -OCH3 is 1. The van der Waals surface area contributed by atoms with Crippen LogP contribution in [0.25, 0.3) is 20.4 Å². The SMILES string of the molecule is BrB(Br)Br.C.COc1ccc2nc(Br)sc2c1.Oc1ccc2nc(Br)sc2c1. The molecule has 0 saturated carbocycles. The van der Waals surface area contributed by atoms with Gasteiger partial charge in [-0.05, 0) is 68.3 Å². The third kappa shape index (κ3) is 8.57. The van der Waals surface area contributed by atoms with Gasteiger partial charge < -0.3 is 9.84 Å². The average molecular weight is 741 g/mol. The van der Waals surface area contributed by atoms with Crippen LogP contribution in [0.1, 0.15) is 7.43 Å².